The maximum atomic E-state index is 13.5. The Bertz CT molecular complexity index is 941. The summed E-state index contributed by atoms with van der Waals surface area (Å²) in [5.41, 5.74) is 2.24. The highest BCUT2D eigenvalue weighted by molar-refractivity contribution is 5.98. The Labute approximate surface area is 192 Å². The van der Waals surface area contributed by atoms with Crippen LogP contribution in [0.5, 0.6) is 0 Å². The summed E-state index contributed by atoms with van der Waals surface area (Å²) < 4.78 is 2.23. The second-order valence-corrected chi connectivity index (χ2v) is 10.4. The lowest BCUT2D eigenvalue weighted by Gasteiger charge is -2.28. The van der Waals surface area contributed by atoms with Crippen LogP contribution >= 0.6 is 0 Å². The van der Waals surface area contributed by atoms with Crippen molar-refractivity contribution in [1.82, 2.24) is 19.8 Å². The Morgan fingerprint density at radius 1 is 1.09 bits per heavy atom. The van der Waals surface area contributed by atoms with Crippen LogP contribution in [0.1, 0.15) is 57.2 Å². The van der Waals surface area contributed by atoms with E-state index in [0.717, 1.165) is 49.7 Å². The van der Waals surface area contributed by atoms with E-state index in [2.05, 4.69) is 28.6 Å². The summed E-state index contributed by atoms with van der Waals surface area (Å²) in [6, 6.07) is 10.1. The molecule has 0 radical (unpaired) electrons. The molecule has 32 heavy (non-hydrogen) atoms. The molecule has 0 bridgehead atoms. The highest BCUT2D eigenvalue weighted by Gasteiger charge is 2.35. The van der Waals surface area contributed by atoms with Gasteiger partial charge in [0, 0.05) is 51.6 Å². The summed E-state index contributed by atoms with van der Waals surface area (Å²) in [5, 5.41) is 2.73. The number of fused-ring (bicyclic) bond motifs is 1. The van der Waals surface area contributed by atoms with Crippen LogP contribution in [0.3, 0.4) is 0 Å². The molecule has 1 aromatic carbocycles. The van der Waals surface area contributed by atoms with Gasteiger partial charge in [0.25, 0.3) is 0 Å². The first-order valence-corrected chi connectivity index (χ1v) is 11.7. The zero-order valence-electron chi connectivity index (χ0n) is 20.4. The quantitative estimate of drug-likeness (QED) is 0.663. The van der Waals surface area contributed by atoms with Crippen molar-refractivity contribution in [2.45, 2.75) is 54.0 Å². The third-order valence-corrected chi connectivity index (χ3v) is 6.29. The molecule has 6 nitrogen and oxygen atoms in total. The van der Waals surface area contributed by atoms with E-state index < -0.39 is 5.92 Å². The smallest absolute Gasteiger partial charge is 0.223 e. The van der Waals surface area contributed by atoms with Gasteiger partial charge < -0.3 is 14.8 Å². The van der Waals surface area contributed by atoms with Gasteiger partial charge in [-0.25, -0.2) is 4.98 Å². The number of nitrogens with one attached hydrogen (secondary N) is 1. The first-order valence-electron chi connectivity index (χ1n) is 11.7. The number of Topliss-reactive ketones (excluding diaryl/α,β-unsaturated/α-hetero) is 1. The number of amides is 1. The molecule has 0 spiro atoms. The van der Waals surface area contributed by atoms with E-state index in [1.165, 1.54) is 0 Å². The van der Waals surface area contributed by atoms with Crippen molar-refractivity contribution in [3.8, 4) is 11.4 Å². The van der Waals surface area contributed by atoms with Gasteiger partial charge in [0.2, 0.25) is 5.91 Å². The molecule has 174 valence electrons. The molecule has 0 aliphatic carbocycles. The highest BCUT2D eigenvalue weighted by atomic mass is 16.2. The van der Waals surface area contributed by atoms with Gasteiger partial charge >= 0.3 is 0 Å². The predicted octanol–water partition coefficient (Wildman–Crippen LogP) is 4.05. The van der Waals surface area contributed by atoms with Crippen LogP contribution < -0.4 is 5.32 Å². The van der Waals surface area contributed by atoms with Crippen molar-refractivity contribution < 1.29 is 9.59 Å². The average Bonchev–Trinajstić information content (AvgIpc) is 2.99. The molecular weight excluding hydrogens is 400 g/mol. The van der Waals surface area contributed by atoms with E-state index in [9.17, 15) is 9.59 Å². The van der Waals surface area contributed by atoms with Gasteiger partial charge in [-0.15, -0.1) is 0 Å². The van der Waals surface area contributed by atoms with Crippen molar-refractivity contribution in [2.75, 3.05) is 26.7 Å². The summed E-state index contributed by atoms with van der Waals surface area (Å²) in [5.74, 6) is 0.906. The fourth-order valence-electron chi connectivity index (χ4n) is 4.58. The van der Waals surface area contributed by atoms with Crippen LogP contribution in [0.4, 0.5) is 0 Å². The number of ketones is 1. The molecular formula is C26H38N4O2. The number of carbonyl (C=O) groups is 2. The van der Waals surface area contributed by atoms with Crippen molar-refractivity contribution in [3.05, 3.63) is 41.7 Å². The van der Waals surface area contributed by atoms with Gasteiger partial charge in [0.05, 0.1) is 11.6 Å². The maximum absolute atomic E-state index is 13.5. The summed E-state index contributed by atoms with van der Waals surface area (Å²) in [7, 11) is 1.63. The summed E-state index contributed by atoms with van der Waals surface area (Å²) in [6.45, 7) is 14.2. The largest absolute Gasteiger partial charge is 0.359 e. The van der Waals surface area contributed by atoms with Crippen LogP contribution in [0, 0.1) is 17.3 Å². The van der Waals surface area contributed by atoms with Crippen molar-refractivity contribution >= 4 is 11.7 Å². The summed E-state index contributed by atoms with van der Waals surface area (Å²) >= 11 is 0. The Hall–Kier alpha value is -2.47. The normalized spacial score (nSPS) is 15.8. The third kappa shape index (κ3) is 5.47. The molecule has 0 unspecified atom stereocenters. The molecule has 6 heteroatoms. The maximum Gasteiger partial charge on any atom is 0.223 e. The molecule has 1 atom stereocenters. The standard InChI is InChI=1S/C26H38N4O2/c1-18(2)17-29-13-12-21-23(22(31)16-20(25(32)27-6)26(3,4)5)28-24(30(21)15-14-29)19-10-8-7-9-11-19/h7-11,18,20H,12-17H2,1-6H3,(H,27,32)/t20-/m1/s1. The van der Waals surface area contributed by atoms with Crippen molar-refractivity contribution in [2.24, 2.45) is 17.3 Å². The van der Waals surface area contributed by atoms with E-state index in [4.69, 9.17) is 4.98 Å². The fraction of sp³-hybridized carbons (Fsp3) is 0.577. The van der Waals surface area contributed by atoms with Crippen LogP contribution in [0.2, 0.25) is 0 Å². The minimum Gasteiger partial charge on any atom is -0.359 e. The zero-order valence-corrected chi connectivity index (χ0v) is 20.4. The summed E-state index contributed by atoms with van der Waals surface area (Å²) in [4.78, 5) is 33.4. The lowest BCUT2D eigenvalue weighted by molar-refractivity contribution is -0.127. The average molecular weight is 439 g/mol. The number of rotatable bonds is 7. The number of carbonyl (C=O) groups excluding carboxylic acids is 2. The molecule has 0 saturated heterocycles. The molecule has 0 fully saturated rings. The van der Waals surface area contributed by atoms with Crippen molar-refractivity contribution in [3.63, 3.8) is 0 Å². The van der Waals surface area contributed by atoms with Gasteiger partial charge in [-0.2, -0.15) is 0 Å². The minimum atomic E-state index is -0.402. The lowest BCUT2D eigenvalue weighted by Crippen LogP contribution is -2.37. The zero-order chi connectivity index (χ0) is 23.5. The van der Waals surface area contributed by atoms with Gasteiger partial charge in [-0.05, 0) is 11.3 Å². The Morgan fingerprint density at radius 2 is 1.78 bits per heavy atom. The molecule has 1 aliphatic rings. The Morgan fingerprint density at radius 3 is 2.38 bits per heavy atom. The molecule has 1 N–H and O–H groups in total. The van der Waals surface area contributed by atoms with E-state index in [0.29, 0.717) is 11.6 Å². The van der Waals surface area contributed by atoms with Crippen LogP contribution in [-0.2, 0) is 17.8 Å². The van der Waals surface area contributed by atoms with Crippen molar-refractivity contribution in [1.29, 1.82) is 0 Å². The lowest BCUT2D eigenvalue weighted by atomic mass is 9.77. The second kappa shape index (κ2) is 9.99. The number of nitrogens with zero attached hydrogens (tertiary/aromatic N) is 3. The number of aromatic nitrogens is 2. The molecule has 2 aromatic rings. The first kappa shape index (κ1) is 24.2. The Balaban J connectivity index is 1.99. The molecule has 3 rings (SSSR count). The fourth-order valence-corrected chi connectivity index (χ4v) is 4.58. The SMILES string of the molecule is CNC(=O)[C@@H](CC(=O)c1nc(-c2ccccc2)n2c1CCN(CC(C)C)CC2)C(C)(C)C. The second-order valence-electron chi connectivity index (χ2n) is 10.4. The monoisotopic (exact) mass is 438 g/mol. The number of benzene rings is 1. The third-order valence-electron chi connectivity index (χ3n) is 6.29. The van der Waals surface area contributed by atoms with E-state index in [1.807, 2.05) is 51.1 Å². The topological polar surface area (TPSA) is 67.2 Å². The molecule has 1 aromatic heterocycles. The summed E-state index contributed by atoms with van der Waals surface area (Å²) in [6.07, 6.45) is 0.949. The predicted molar refractivity (Wildman–Crippen MR) is 129 cm³/mol. The van der Waals surface area contributed by atoms with Crippen LogP contribution in [0.15, 0.2) is 30.3 Å². The molecule has 1 aliphatic heterocycles. The first-order chi connectivity index (χ1) is 15.1. The van der Waals surface area contributed by atoms with Gasteiger partial charge in [0.1, 0.15) is 11.5 Å². The minimum absolute atomic E-state index is 0.0447. The van der Waals surface area contributed by atoms with E-state index >= 15 is 0 Å². The highest BCUT2D eigenvalue weighted by Crippen LogP contribution is 2.32. The van der Waals surface area contributed by atoms with Crippen LogP contribution in [0.25, 0.3) is 11.4 Å². The van der Waals surface area contributed by atoms with Gasteiger partial charge in [-0.3, -0.25) is 9.59 Å². The number of hydrogen-bond donors (Lipinski definition) is 1. The van der Waals surface area contributed by atoms with E-state index in [1.54, 1.807) is 7.05 Å². The number of imidazole rings is 1. The number of hydrogen-bond acceptors (Lipinski definition) is 4. The van der Waals surface area contributed by atoms with Crippen LogP contribution in [-0.4, -0.2) is 52.8 Å². The van der Waals surface area contributed by atoms with Gasteiger partial charge in [-0.1, -0.05) is 65.0 Å². The molecule has 0 saturated carbocycles. The molecule has 1 amide bonds. The van der Waals surface area contributed by atoms with E-state index in [-0.39, 0.29) is 23.5 Å². The van der Waals surface area contributed by atoms with Gasteiger partial charge in [0.15, 0.2) is 5.78 Å². The molecule has 2 heterocycles. The Kier molecular flexibility index (Phi) is 7.55.